The zero-order chi connectivity index (χ0) is 13.1. The number of phenolic OH excluding ortho intramolecular Hbond substituents is 1. The SMILES string of the molecule is Oc1c(N=Nc2cnccn2)ccc2ccccc12. The first-order valence-electron chi connectivity index (χ1n) is 5.73. The Balaban J connectivity index is 2.02. The number of hydrogen-bond donors (Lipinski definition) is 1. The van der Waals surface area contributed by atoms with Gasteiger partial charge < -0.3 is 5.11 Å². The lowest BCUT2D eigenvalue weighted by Gasteiger charge is -2.02. The lowest BCUT2D eigenvalue weighted by Crippen LogP contribution is -1.76. The van der Waals surface area contributed by atoms with E-state index in [0.717, 1.165) is 10.8 Å². The van der Waals surface area contributed by atoms with Crippen LogP contribution in [0.3, 0.4) is 0 Å². The quantitative estimate of drug-likeness (QED) is 0.704. The molecule has 0 aliphatic heterocycles. The summed E-state index contributed by atoms with van der Waals surface area (Å²) in [6, 6.07) is 11.2. The molecule has 1 heterocycles. The summed E-state index contributed by atoms with van der Waals surface area (Å²) in [5.74, 6) is 0.515. The Morgan fingerprint density at radius 2 is 1.84 bits per heavy atom. The number of azo groups is 1. The van der Waals surface area contributed by atoms with Crippen LogP contribution in [0.15, 0.2) is 65.2 Å². The van der Waals surface area contributed by atoms with Crippen LogP contribution in [0.25, 0.3) is 10.8 Å². The first kappa shape index (κ1) is 11.3. The predicted molar refractivity (Wildman–Crippen MR) is 71.8 cm³/mol. The van der Waals surface area contributed by atoms with Gasteiger partial charge in [-0.25, -0.2) is 4.98 Å². The van der Waals surface area contributed by atoms with Crippen LogP contribution < -0.4 is 0 Å². The monoisotopic (exact) mass is 250 g/mol. The van der Waals surface area contributed by atoms with E-state index in [1.54, 1.807) is 12.3 Å². The van der Waals surface area contributed by atoms with Gasteiger partial charge in [-0.15, -0.1) is 10.2 Å². The standard InChI is InChI=1S/C14H10N4O/c19-14-11-4-2-1-3-10(11)5-6-12(14)17-18-13-9-15-7-8-16-13/h1-9,19H. The van der Waals surface area contributed by atoms with Gasteiger partial charge >= 0.3 is 0 Å². The van der Waals surface area contributed by atoms with E-state index in [-0.39, 0.29) is 5.75 Å². The van der Waals surface area contributed by atoms with E-state index >= 15 is 0 Å². The van der Waals surface area contributed by atoms with Crippen molar-refractivity contribution in [3.05, 3.63) is 55.0 Å². The Morgan fingerprint density at radius 3 is 2.68 bits per heavy atom. The number of hydrogen-bond acceptors (Lipinski definition) is 5. The summed E-state index contributed by atoms with van der Waals surface area (Å²) in [4.78, 5) is 7.87. The maximum absolute atomic E-state index is 10.1. The van der Waals surface area contributed by atoms with E-state index in [1.807, 2.05) is 30.3 Å². The van der Waals surface area contributed by atoms with Crippen molar-refractivity contribution in [2.45, 2.75) is 0 Å². The third kappa shape index (κ3) is 2.26. The molecule has 0 spiro atoms. The molecule has 5 heteroatoms. The summed E-state index contributed by atoms with van der Waals surface area (Å²) < 4.78 is 0. The van der Waals surface area contributed by atoms with Crippen molar-refractivity contribution in [2.75, 3.05) is 0 Å². The molecule has 0 atom stereocenters. The summed E-state index contributed by atoms with van der Waals surface area (Å²) in [6.45, 7) is 0. The van der Waals surface area contributed by atoms with Crippen LogP contribution in [0.5, 0.6) is 5.75 Å². The number of aromatic hydroxyl groups is 1. The Morgan fingerprint density at radius 1 is 0.947 bits per heavy atom. The van der Waals surface area contributed by atoms with E-state index in [1.165, 1.54) is 12.4 Å². The highest BCUT2D eigenvalue weighted by Crippen LogP contribution is 2.35. The van der Waals surface area contributed by atoms with Crippen LogP contribution in [-0.4, -0.2) is 15.1 Å². The second-order valence-corrected chi connectivity index (χ2v) is 3.92. The van der Waals surface area contributed by atoms with E-state index in [2.05, 4.69) is 20.2 Å². The summed E-state index contributed by atoms with van der Waals surface area (Å²) in [5.41, 5.74) is 0.407. The molecule has 0 fully saturated rings. The fraction of sp³-hybridized carbons (Fsp3) is 0. The normalized spacial score (nSPS) is 11.2. The molecule has 3 aromatic rings. The minimum Gasteiger partial charge on any atom is -0.505 e. The Labute approximate surface area is 109 Å². The minimum absolute atomic E-state index is 0.116. The van der Waals surface area contributed by atoms with Crippen LogP contribution in [0.4, 0.5) is 11.5 Å². The van der Waals surface area contributed by atoms with Gasteiger partial charge in [0.05, 0.1) is 6.20 Å². The molecule has 0 saturated heterocycles. The molecule has 2 aromatic carbocycles. The second kappa shape index (κ2) is 4.81. The topological polar surface area (TPSA) is 70.7 Å². The molecule has 1 N–H and O–H groups in total. The van der Waals surface area contributed by atoms with Crippen molar-refractivity contribution in [2.24, 2.45) is 10.2 Å². The van der Waals surface area contributed by atoms with Gasteiger partial charge in [-0.3, -0.25) is 4.98 Å². The number of rotatable bonds is 2. The van der Waals surface area contributed by atoms with E-state index < -0.39 is 0 Å². The average Bonchev–Trinajstić information content (AvgIpc) is 2.48. The lowest BCUT2D eigenvalue weighted by molar-refractivity contribution is 0.482. The van der Waals surface area contributed by atoms with E-state index in [9.17, 15) is 5.11 Å². The van der Waals surface area contributed by atoms with Crippen molar-refractivity contribution in [3.8, 4) is 5.75 Å². The van der Waals surface area contributed by atoms with Crippen molar-refractivity contribution >= 4 is 22.3 Å². The summed E-state index contributed by atoms with van der Waals surface area (Å²) in [7, 11) is 0. The average molecular weight is 250 g/mol. The second-order valence-electron chi connectivity index (χ2n) is 3.92. The predicted octanol–water partition coefficient (Wildman–Crippen LogP) is 3.75. The molecule has 19 heavy (non-hydrogen) atoms. The number of benzene rings is 2. The molecule has 3 rings (SSSR count). The summed E-state index contributed by atoms with van der Waals surface area (Å²) in [5, 5.41) is 19.8. The maximum atomic E-state index is 10.1. The van der Waals surface area contributed by atoms with Gasteiger partial charge in [0.1, 0.15) is 5.69 Å². The summed E-state index contributed by atoms with van der Waals surface area (Å²) in [6.07, 6.45) is 4.60. The Hall–Kier alpha value is -2.82. The van der Waals surface area contributed by atoms with Crippen LogP contribution in [0, 0.1) is 0 Å². The number of nitrogens with zero attached hydrogens (tertiary/aromatic N) is 4. The van der Waals surface area contributed by atoms with Crippen molar-refractivity contribution in [1.82, 2.24) is 9.97 Å². The molecule has 5 nitrogen and oxygen atoms in total. The molecule has 0 bridgehead atoms. The van der Waals surface area contributed by atoms with Crippen molar-refractivity contribution < 1.29 is 5.11 Å². The highest BCUT2D eigenvalue weighted by atomic mass is 16.3. The number of aromatic nitrogens is 2. The van der Waals surface area contributed by atoms with Gasteiger partial charge in [0.2, 0.25) is 0 Å². The van der Waals surface area contributed by atoms with Crippen LogP contribution in [0.2, 0.25) is 0 Å². The van der Waals surface area contributed by atoms with E-state index in [0.29, 0.717) is 11.5 Å². The highest BCUT2D eigenvalue weighted by molar-refractivity contribution is 5.92. The van der Waals surface area contributed by atoms with Crippen molar-refractivity contribution in [1.29, 1.82) is 0 Å². The van der Waals surface area contributed by atoms with Crippen LogP contribution in [0.1, 0.15) is 0 Å². The molecule has 0 aliphatic rings. The van der Waals surface area contributed by atoms with Crippen LogP contribution >= 0.6 is 0 Å². The fourth-order valence-corrected chi connectivity index (χ4v) is 1.77. The first-order chi connectivity index (χ1) is 9.34. The zero-order valence-corrected chi connectivity index (χ0v) is 9.93. The first-order valence-corrected chi connectivity index (χ1v) is 5.73. The fourth-order valence-electron chi connectivity index (χ4n) is 1.77. The number of phenols is 1. The minimum atomic E-state index is 0.116. The Kier molecular flexibility index (Phi) is 2.86. The van der Waals surface area contributed by atoms with Gasteiger partial charge in [0, 0.05) is 17.8 Å². The molecule has 1 aromatic heterocycles. The molecular weight excluding hydrogens is 240 g/mol. The van der Waals surface area contributed by atoms with Gasteiger partial charge in [-0.1, -0.05) is 30.3 Å². The molecule has 0 aliphatic carbocycles. The maximum Gasteiger partial charge on any atom is 0.192 e. The molecule has 0 radical (unpaired) electrons. The molecule has 0 unspecified atom stereocenters. The molecule has 0 saturated carbocycles. The van der Waals surface area contributed by atoms with Gasteiger partial charge in [-0.05, 0) is 11.5 Å². The molecular formula is C14H10N4O. The third-order valence-electron chi connectivity index (χ3n) is 2.69. The smallest absolute Gasteiger partial charge is 0.192 e. The summed E-state index contributed by atoms with van der Waals surface area (Å²) >= 11 is 0. The van der Waals surface area contributed by atoms with E-state index in [4.69, 9.17) is 0 Å². The number of fused-ring (bicyclic) bond motifs is 1. The Bertz CT molecular complexity index is 741. The lowest BCUT2D eigenvalue weighted by atomic mass is 10.1. The van der Waals surface area contributed by atoms with Crippen LogP contribution in [-0.2, 0) is 0 Å². The van der Waals surface area contributed by atoms with Gasteiger partial charge in [0.25, 0.3) is 0 Å². The largest absolute Gasteiger partial charge is 0.505 e. The molecule has 0 amide bonds. The molecule has 92 valence electrons. The third-order valence-corrected chi connectivity index (χ3v) is 2.69. The zero-order valence-electron chi connectivity index (χ0n) is 9.93. The highest BCUT2D eigenvalue weighted by Gasteiger charge is 2.05. The van der Waals surface area contributed by atoms with Gasteiger partial charge in [-0.2, -0.15) is 0 Å². The van der Waals surface area contributed by atoms with Crippen molar-refractivity contribution in [3.63, 3.8) is 0 Å². The van der Waals surface area contributed by atoms with Gasteiger partial charge in [0.15, 0.2) is 11.6 Å².